The zero-order chi connectivity index (χ0) is 21.1. The maximum Gasteiger partial charge on any atom is 0.240 e. The lowest BCUT2D eigenvalue weighted by Gasteiger charge is -2.17. The van der Waals surface area contributed by atoms with Gasteiger partial charge in [-0.15, -0.1) is 0 Å². The second-order valence-corrected chi connectivity index (χ2v) is 9.27. The standard InChI is InChI=1S/C22H23N5O2S/c1-26-11-10-22(24-26)19-7-5-17(6-8-19)15-27-12-9-20(16-27)25-30(28,29)21-4-2-3-18(13-21)14-23/h2-8,10-11,13,20,25H,9,12,15-16H2,1H3/t20-/m1/s1. The van der Waals surface area contributed by atoms with Crippen molar-refractivity contribution in [3.8, 4) is 17.3 Å². The van der Waals surface area contributed by atoms with E-state index in [4.69, 9.17) is 5.26 Å². The van der Waals surface area contributed by atoms with E-state index in [-0.39, 0.29) is 10.9 Å². The Kier molecular flexibility index (Phi) is 5.68. The first-order valence-corrected chi connectivity index (χ1v) is 11.2. The lowest BCUT2D eigenvalue weighted by Crippen LogP contribution is -2.37. The molecule has 0 unspecified atom stereocenters. The van der Waals surface area contributed by atoms with E-state index < -0.39 is 10.0 Å². The Bertz CT molecular complexity index is 1180. The van der Waals surface area contributed by atoms with E-state index in [2.05, 4.69) is 39.0 Å². The van der Waals surface area contributed by atoms with Crippen LogP contribution in [0.4, 0.5) is 0 Å². The monoisotopic (exact) mass is 421 g/mol. The molecular formula is C22H23N5O2S. The minimum absolute atomic E-state index is 0.130. The van der Waals surface area contributed by atoms with E-state index >= 15 is 0 Å². The number of aromatic nitrogens is 2. The number of nitriles is 1. The van der Waals surface area contributed by atoms with Gasteiger partial charge in [0.2, 0.25) is 10.0 Å². The molecule has 1 saturated heterocycles. The van der Waals surface area contributed by atoms with Crippen molar-refractivity contribution in [1.29, 1.82) is 5.26 Å². The molecule has 154 valence electrons. The molecule has 8 heteroatoms. The summed E-state index contributed by atoms with van der Waals surface area (Å²) in [5, 5.41) is 13.4. The summed E-state index contributed by atoms with van der Waals surface area (Å²) in [4.78, 5) is 2.37. The quantitative estimate of drug-likeness (QED) is 0.660. The second kappa shape index (κ2) is 8.40. The van der Waals surface area contributed by atoms with Crippen LogP contribution >= 0.6 is 0 Å². The van der Waals surface area contributed by atoms with Crippen LogP contribution in [0, 0.1) is 11.3 Å². The molecule has 1 fully saturated rings. The van der Waals surface area contributed by atoms with Gasteiger partial charge in [0.15, 0.2) is 0 Å². The Hall–Kier alpha value is -2.99. The number of aryl methyl sites for hydroxylation is 1. The second-order valence-electron chi connectivity index (χ2n) is 7.55. The number of rotatable bonds is 6. The number of benzene rings is 2. The predicted molar refractivity (Wildman–Crippen MR) is 114 cm³/mol. The third-order valence-electron chi connectivity index (χ3n) is 5.24. The highest BCUT2D eigenvalue weighted by atomic mass is 32.2. The summed E-state index contributed by atoms with van der Waals surface area (Å²) in [5.41, 5.74) is 3.53. The number of hydrogen-bond donors (Lipinski definition) is 1. The van der Waals surface area contributed by atoms with Crippen molar-refractivity contribution in [3.63, 3.8) is 0 Å². The minimum Gasteiger partial charge on any atom is -0.297 e. The van der Waals surface area contributed by atoms with Crippen molar-refractivity contribution in [1.82, 2.24) is 19.4 Å². The molecule has 0 radical (unpaired) electrons. The normalized spacial score (nSPS) is 17.1. The summed E-state index contributed by atoms with van der Waals surface area (Å²) in [5.74, 6) is 0. The SMILES string of the molecule is Cn1ccc(-c2ccc(CN3CC[C@@H](NS(=O)(=O)c4cccc(C#N)c4)C3)cc2)n1. The number of sulfonamides is 1. The lowest BCUT2D eigenvalue weighted by molar-refractivity contribution is 0.324. The zero-order valence-corrected chi connectivity index (χ0v) is 17.5. The molecule has 1 aliphatic rings. The number of likely N-dealkylation sites (tertiary alicyclic amines) is 1. The van der Waals surface area contributed by atoms with Crippen LogP contribution in [0.3, 0.4) is 0 Å². The summed E-state index contributed by atoms with van der Waals surface area (Å²) >= 11 is 0. The van der Waals surface area contributed by atoms with Gasteiger partial charge in [-0.2, -0.15) is 10.4 Å². The molecule has 0 bridgehead atoms. The van der Waals surface area contributed by atoms with E-state index in [1.54, 1.807) is 16.8 Å². The predicted octanol–water partition coefficient (Wildman–Crippen LogP) is 2.51. The first kappa shape index (κ1) is 20.3. The molecule has 0 saturated carbocycles. The molecule has 7 nitrogen and oxygen atoms in total. The molecule has 0 amide bonds. The van der Waals surface area contributed by atoms with Crippen molar-refractivity contribution in [2.45, 2.75) is 23.9 Å². The van der Waals surface area contributed by atoms with Crippen LogP contribution in [0.1, 0.15) is 17.5 Å². The van der Waals surface area contributed by atoms with E-state index in [1.165, 1.54) is 17.7 Å². The van der Waals surface area contributed by atoms with Crippen LogP contribution in [0.15, 0.2) is 65.7 Å². The van der Waals surface area contributed by atoms with Gasteiger partial charge in [-0.1, -0.05) is 30.3 Å². The number of nitrogens with one attached hydrogen (secondary N) is 1. The molecular weight excluding hydrogens is 398 g/mol. The van der Waals surface area contributed by atoms with Crippen LogP contribution in [-0.2, 0) is 23.6 Å². The average molecular weight is 422 g/mol. The highest BCUT2D eigenvalue weighted by Gasteiger charge is 2.27. The van der Waals surface area contributed by atoms with Gasteiger partial charge in [0, 0.05) is 44.5 Å². The van der Waals surface area contributed by atoms with Crippen LogP contribution in [0.2, 0.25) is 0 Å². The minimum atomic E-state index is -3.64. The third kappa shape index (κ3) is 4.60. The fourth-order valence-electron chi connectivity index (χ4n) is 3.70. The summed E-state index contributed by atoms with van der Waals surface area (Å²) in [6, 6.07) is 18.2. The largest absolute Gasteiger partial charge is 0.297 e. The number of hydrogen-bond acceptors (Lipinski definition) is 5. The first-order valence-electron chi connectivity index (χ1n) is 9.77. The van der Waals surface area contributed by atoms with Gasteiger partial charge < -0.3 is 0 Å². The Morgan fingerprint density at radius 2 is 2.00 bits per heavy atom. The van der Waals surface area contributed by atoms with Crippen LogP contribution in [0.5, 0.6) is 0 Å². The van der Waals surface area contributed by atoms with Crippen LogP contribution in [-0.4, -0.2) is 42.2 Å². The molecule has 2 aromatic carbocycles. The van der Waals surface area contributed by atoms with Crippen LogP contribution in [0.25, 0.3) is 11.3 Å². The Balaban J connectivity index is 1.36. The molecule has 3 aromatic rings. The Morgan fingerprint density at radius 3 is 2.70 bits per heavy atom. The van der Waals surface area contributed by atoms with Crippen LogP contribution < -0.4 is 4.72 Å². The Morgan fingerprint density at radius 1 is 1.20 bits per heavy atom. The molecule has 0 aliphatic carbocycles. The van der Waals surface area contributed by atoms with Crippen molar-refractivity contribution in [2.75, 3.05) is 13.1 Å². The summed E-state index contributed by atoms with van der Waals surface area (Å²) in [6.45, 7) is 2.25. The van der Waals surface area contributed by atoms with E-state index in [0.717, 1.165) is 30.8 Å². The Labute approximate surface area is 176 Å². The summed E-state index contributed by atoms with van der Waals surface area (Å²) in [7, 11) is -1.74. The summed E-state index contributed by atoms with van der Waals surface area (Å²) < 4.78 is 29.9. The maximum absolute atomic E-state index is 12.6. The van der Waals surface area contributed by atoms with E-state index in [9.17, 15) is 8.42 Å². The maximum atomic E-state index is 12.6. The molecule has 0 spiro atoms. The topological polar surface area (TPSA) is 91.0 Å². The van der Waals surface area contributed by atoms with Crippen molar-refractivity contribution in [2.24, 2.45) is 7.05 Å². The average Bonchev–Trinajstić information content (AvgIpc) is 3.37. The summed E-state index contributed by atoms with van der Waals surface area (Å²) in [6.07, 6.45) is 2.68. The van der Waals surface area contributed by atoms with Crippen molar-refractivity contribution >= 4 is 10.0 Å². The molecule has 4 rings (SSSR count). The number of nitrogens with zero attached hydrogens (tertiary/aromatic N) is 4. The zero-order valence-electron chi connectivity index (χ0n) is 16.7. The van der Waals surface area contributed by atoms with Crippen molar-refractivity contribution < 1.29 is 8.42 Å². The highest BCUT2D eigenvalue weighted by Crippen LogP contribution is 2.20. The van der Waals surface area contributed by atoms with Gasteiger partial charge in [-0.05, 0) is 36.2 Å². The fraction of sp³-hybridized carbons (Fsp3) is 0.273. The van der Waals surface area contributed by atoms with Gasteiger partial charge in [0.25, 0.3) is 0 Å². The van der Waals surface area contributed by atoms with Gasteiger partial charge >= 0.3 is 0 Å². The molecule has 1 aromatic heterocycles. The molecule has 30 heavy (non-hydrogen) atoms. The lowest BCUT2D eigenvalue weighted by atomic mass is 10.1. The van der Waals surface area contributed by atoms with Gasteiger partial charge in [0.05, 0.1) is 22.2 Å². The smallest absolute Gasteiger partial charge is 0.240 e. The van der Waals surface area contributed by atoms with Gasteiger partial charge in [-0.3, -0.25) is 9.58 Å². The van der Waals surface area contributed by atoms with E-state index in [0.29, 0.717) is 12.1 Å². The van der Waals surface area contributed by atoms with Crippen molar-refractivity contribution in [3.05, 3.63) is 71.9 Å². The third-order valence-corrected chi connectivity index (χ3v) is 6.76. The molecule has 1 N–H and O–H groups in total. The molecule has 2 heterocycles. The molecule has 1 atom stereocenters. The van der Waals surface area contributed by atoms with E-state index in [1.807, 2.05) is 25.4 Å². The van der Waals surface area contributed by atoms with Gasteiger partial charge in [0.1, 0.15) is 0 Å². The first-order chi connectivity index (χ1) is 14.4. The molecule has 1 aliphatic heterocycles. The van der Waals surface area contributed by atoms with Gasteiger partial charge in [-0.25, -0.2) is 13.1 Å². The highest BCUT2D eigenvalue weighted by molar-refractivity contribution is 7.89. The fourth-order valence-corrected chi connectivity index (χ4v) is 5.01.